The fourth-order valence-electron chi connectivity index (χ4n) is 2.27. The van der Waals surface area contributed by atoms with Crippen LogP contribution in [0.15, 0.2) is 17.6 Å². The largest absolute Gasteiger partial charge is 0.322 e. The fourth-order valence-corrected chi connectivity index (χ4v) is 3.20. The van der Waals surface area contributed by atoms with E-state index < -0.39 is 11.6 Å². The number of thiazole rings is 1. The molecule has 0 atom stereocenters. The van der Waals surface area contributed by atoms with E-state index >= 15 is 0 Å². The molecular formula is C14H12ClF2N3S. The van der Waals surface area contributed by atoms with Crippen LogP contribution in [0, 0.1) is 18.6 Å². The van der Waals surface area contributed by atoms with Crippen LogP contribution in [0.3, 0.4) is 0 Å². The van der Waals surface area contributed by atoms with Gasteiger partial charge in [-0.1, -0.05) is 0 Å². The molecule has 1 aromatic carbocycles. The molecule has 0 aliphatic heterocycles. The lowest BCUT2D eigenvalue weighted by Crippen LogP contribution is -2.06. The van der Waals surface area contributed by atoms with Gasteiger partial charge in [-0.25, -0.2) is 18.7 Å². The standard InChI is InChI=1S/C14H12ClF2N3S/c1-8-12(21-7-18-8)6-20-11-5-9(16)4-10(17)14(11)19-13(20)2-3-15/h4-5,7H,2-3,6H2,1H3. The molecule has 0 aliphatic rings. The van der Waals surface area contributed by atoms with Crippen LogP contribution in [-0.2, 0) is 13.0 Å². The lowest BCUT2D eigenvalue weighted by molar-refractivity contribution is 0.590. The van der Waals surface area contributed by atoms with E-state index in [-0.39, 0.29) is 5.52 Å². The van der Waals surface area contributed by atoms with Crippen molar-refractivity contribution in [3.8, 4) is 0 Å². The summed E-state index contributed by atoms with van der Waals surface area (Å²) in [5.74, 6) is -0.243. The fraction of sp³-hybridized carbons (Fsp3) is 0.286. The summed E-state index contributed by atoms with van der Waals surface area (Å²) in [5, 5.41) is 0. The van der Waals surface area contributed by atoms with Crippen LogP contribution in [0.5, 0.6) is 0 Å². The Kier molecular flexibility index (Phi) is 3.91. The summed E-state index contributed by atoms with van der Waals surface area (Å²) in [4.78, 5) is 9.51. The number of imidazole rings is 1. The first-order valence-corrected chi connectivity index (χ1v) is 7.80. The molecule has 2 aromatic heterocycles. The molecule has 0 bridgehead atoms. The molecule has 7 heteroatoms. The molecule has 0 spiro atoms. The van der Waals surface area contributed by atoms with Crippen LogP contribution in [0.2, 0.25) is 0 Å². The highest BCUT2D eigenvalue weighted by Crippen LogP contribution is 2.24. The van der Waals surface area contributed by atoms with Crippen molar-refractivity contribution in [2.24, 2.45) is 0 Å². The van der Waals surface area contributed by atoms with Crippen LogP contribution in [0.25, 0.3) is 11.0 Å². The van der Waals surface area contributed by atoms with E-state index in [9.17, 15) is 8.78 Å². The van der Waals surface area contributed by atoms with Gasteiger partial charge in [0.2, 0.25) is 0 Å². The zero-order chi connectivity index (χ0) is 15.0. The molecule has 0 fully saturated rings. The number of aryl methyl sites for hydroxylation is 2. The molecule has 2 heterocycles. The van der Waals surface area contributed by atoms with Gasteiger partial charge >= 0.3 is 0 Å². The predicted molar refractivity (Wildman–Crippen MR) is 80.0 cm³/mol. The van der Waals surface area contributed by atoms with E-state index in [1.165, 1.54) is 17.4 Å². The highest BCUT2D eigenvalue weighted by atomic mass is 35.5. The van der Waals surface area contributed by atoms with Crippen molar-refractivity contribution in [1.29, 1.82) is 0 Å². The second-order valence-corrected chi connectivity index (χ2v) is 5.99. The number of hydrogen-bond acceptors (Lipinski definition) is 3. The molecule has 0 aliphatic carbocycles. The van der Waals surface area contributed by atoms with Crippen molar-refractivity contribution < 1.29 is 8.78 Å². The average Bonchev–Trinajstić information content (AvgIpc) is 2.97. The first kappa shape index (κ1) is 14.4. The summed E-state index contributed by atoms with van der Waals surface area (Å²) in [5.41, 5.74) is 3.29. The molecule has 0 saturated heterocycles. The van der Waals surface area contributed by atoms with E-state index in [2.05, 4.69) is 9.97 Å². The highest BCUT2D eigenvalue weighted by Gasteiger charge is 2.16. The number of benzene rings is 1. The average molecular weight is 328 g/mol. The van der Waals surface area contributed by atoms with Crippen molar-refractivity contribution in [2.45, 2.75) is 19.9 Å². The summed E-state index contributed by atoms with van der Waals surface area (Å²) in [6, 6.07) is 2.15. The molecule has 0 saturated carbocycles. The number of aromatic nitrogens is 3. The molecule has 0 N–H and O–H groups in total. The van der Waals surface area contributed by atoms with E-state index in [1.807, 2.05) is 11.5 Å². The lowest BCUT2D eigenvalue weighted by atomic mass is 10.3. The third-order valence-corrected chi connectivity index (χ3v) is 4.42. The van der Waals surface area contributed by atoms with Crippen LogP contribution >= 0.6 is 22.9 Å². The zero-order valence-corrected chi connectivity index (χ0v) is 12.8. The second kappa shape index (κ2) is 5.69. The van der Waals surface area contributed by atoms with Crippen molar-refractivity contribution in [2.75, 3.05) is 5.88 Å². The Morgan fingerprint density at radius 1 is 1.33 bits per heavy atom. The first-order valence-electron chi connectivity index (χ1n) is 6.39. The minimum absolute atomic E-state index is 0.179. The normalized spacial score (nSPS) is 11.4. The van der Waals surface area contributed by atoms with Crippen LogP contribution in [0.4, 0.5) is 8.78 Å². The number of halogens is 3. The van der Waals surface area contributed by atoms with Gasteiger partial charge in [0.15, 0.2) is 5.82 Å². The van der Waals surface area contributed by atoms with Gasteiger partial charge in [0.05, 0.1) is 23.3 Å². The number of nitrogens with zero attached hydrogens (tertiary/aromatic N) is 3. The quantitative estimate of drug-likeness (QED) is 0.680. The van der Waals surface area contributed by atoms with E-state index in [0.717, 1.165) is 16.6 Å². The van der Waals surface area contributed by atoms with Crippen LogP contribution in [0.1, 0.15) is 16.4 Å². The van der Waals surface area contributed by atoms with Crippen LogP contribution < -0.4 is 0 Å². The molecular weight excluding hydrogens is 316 g/mol. The number of rotatable bonds is 4. The van der Waals surface area contributed by atoms with Gasteiger partial charge in [0.25, 0.3) is 0 Å². The summed E-state index contributed by atoms with van der Waals surface area (Å²) >= 11 is 7.30. The first-order chi connectivity index (χ1) is 10.1. The molecule has 0 amide bonds. The second-order valence-electron chi connectivity index (χ2n) is 4.67. The highest BCUT2D eigenvalue weighted by molar-refractivity contribution is 7.09. The Morgan fingerprint density at radius 2 is 2.14 bits per heavy atom. The van der Waals surface area contributed by atoms with Crippen molar-refractivity contribution in [1.82, 2.24) is 14.5 Å². The predicted octanol–water partition coefficient (Wildman–Crippen LogP) is 3.91. The molecule has 3 nitrogen and oxygen atoms in total. The van der Waals surface area contributed by atoms with Gasteiger partial charge in [-0.05, 0) is 13.0 Å². The summed E-state index contributed by atoms with van der Waals surface area (Å²) in [6.45, 7) is 2.40. The van der Waals surface area contributed by atoms with Gasteiger partial charge in [-0.3, -0.25) is 0 Å². The summed E-state index contributed by atoms with van der Waals surface area (Å²) < 4.78 is 29.2. The Hall–Kier alpha value is -1.53. The smallest absolute Gasteiger partial charge is 0.153 e. The molecule has 21 heavy (non-hydrogen) atoms. The van der Waals surface area contributed by atoms with Gasteiger partial charge in [-0.15, -0.1) is 22.9 Å². The maximum Gasteiger partial charge on any atom is 0.153 e. The topological polar surface area (TPSA) is 30.7 Å². The summed E-state index contributed by atoms with van der Waals surface area (Å²) in [7, 11) is 0. The molecule has 0 unspecified atom stereocenters. The maximum atomic E-state index is 13.9. The van der Waals surface area contributed by atoms with Gasteiger partial charge in [-0.2, -0.15) is 0 Å². The van der Waals surface area contributed by atoms with Gasteiger partial charge in [0, 0.05) is 23.2 Å². The van der Waals surface area contributed by atoms with E-state index in [1.54, 1.807) is 5.51 Å². The third kappa shape index (κ3) is 2.65. The minimum atomic E-state index is -0.652. The Balaban J connectivity index is 2.18. The molecule has 3 rings (SSSR count). The van der Waals surface area contributed by atoms with E-state index in [0.29, 0.717) is 30.2 Å². The number of fused-ring (bicyclic) bond motifs is 1. The maximum absolute atomic E-state index is 13.9. The van der Waals surface area contributed by atoms with Crippen molar-refractivity contribution in [3.05, 3.63) is 45.7 Å². The number of alkyl halides is 1. The Labute approximate surface area is 129 Å². The SMILES string of the molecule is Cc1ncsc1Cn1c(CCCl)nc2c(F)cc(F)cc21. The lowest BCUT2D eigenvalue weighted by Gasteiger charge is -2.07. The Morgan fingerprint density at radius 3 is 2.81 bits per heavy atom. The molecule has 110 valence electrons. The van der Waals surface area contributed by atoms with Gasteiger partial charge in [0.1, 0.15) is 17.2 Å². The monoisotopic (exact) mass is 327 g/mol. The Bertz CT molecular complexity index is 797. The zero-order valence-electron chi connectivity index (χ0n) is 11.2. The molecule has 3 aromatic rings. The van der Waals surface area contributed by atoms with E-state index in [4.69, 9.17) is 11.6 Å². The third-order valence-electron chi connectivity index (χ3n) is 3.32. The summed E-state index contributed by atoms with van der Waals surface area (Å²) in [6.07, 6.45) is 0.495. The van der Waals surface area contributed by atoms with Gasteiger partial charge < -0.3 is 4.57 Å². The van der Waals surface area contributed by atoms with Crippen molar-refractivity contribution >= 4 is 34.0 Å². The van der Waals surface area contributed by atoms with Crippen LogP contribution in [-0.4, -0.2) is 20.4 Å². The minimum Gasteiger partial charge on any atom is -0.322 e. The number of hydrogen-bond donors (Lipinski definition) is 0. The molecule has 0 radical (unpaired) electrons. The van der Waals surface area contributed by atoms with Crippen molar-refractivity contribution in [3.63, 3.8) is 0 Å².